The summed E-state index contributed by atoms with van der Waals surface area (Å²) in [6.07, 6.45) is 0. The largest absolute Gasteiger partial charge is 0.478 e. The molecule has 0 aromatic heterocycles. The average molecular weight is 261 g/mol. The first-order chi connectivity index (χ1) is 9.31. The van der Waals surface area contributed by atoms with Gasteiger partial charge in [0.2, 0.25) is 0 Å². The third-order valence-electron chi connectivity index (χ3n) is 3.08. The van der Waals surface area contributed by atoms with Gasteiger partial charge in [0.25, 0.3) is 0 Å². The van der Waals surface area contributed by atoms with Gasteiger partial charge in [-0.25, -0.2) is 0 Å². The molecule has 1 N–H and O–H groups in total. The molecule has 0 amide bonds. The molecule has 0 aliphatic rings. The van der Waals surface area contributed by atoms with Crippen molar-refractivity contribution in [3.05, 3.63) is 29.8 Å². The Morgan fingerprint density at radius 1 is 1.26 bits per heavy atom. The van der Waals surface area contributed by atoms with E-state index >= 15 is 0 Å². The highest BCUT2D eigenvalue weighted by atomic mass is 16.5. The summed E-state index contributed by atoms with van der Waals surface area (Å²) in [7, 11) is 0. The molecular formula is C15H23N3O. The van der Waals surface area contributed by atoms with E-state index in [1.165, 1.54) is 0 Å². The maximum absolute atomic E-state index is 8.55. The predicted molar refractivity (Wildman–Crippen MR) is 77.0 cm³/mol. The molecule has 104 valence electrons. The molecule has 1 rings (SSSR count). The lowest BCUT2D eigenvalue weighted by Gasteiger charge is -2.18. The molecule has 0 atom stereocenters. The van der Waals surface area contributed by atoms with E-state index in [-0.39, 0.29) is 6.61 Å². The number of nitrogens with one attached hydrogen (secondary N) is 1. The third kappa shape index (κ3) is 5.73. The molecule has 4 nitrogen and oxygen atoms in total. The monoisotopic (exact) mass is 261 g/mol. The van der Waals surface area contributed by atoms with Crippen molar-refractivity contribution in [1.82, 2.24) is 10.2 Å². The zero-order valence-electron chi connectivity index (χ0n) is 11.9. The molecule has 0 aliphatic heterocycles. The van der Waals surface area contributed by atoms with Gasteiger partial charge in [-0.3, -0.25) is 0 Å². The van der Waals surface area contributed by atoms with Crippen LogP contribution in [-0.4, -0.2) is 37.7 Å². The van der Waals surface area contributed by atoms with Crippen LogP contribution >= 0.6 is 0 Å². The number of nitriles is 1. The fraction of sp³-hybridized carbons (Fsp3) is 0.533. The smallest absolute Gasteiger partial charge is 0.174 e. The predicted octanol–water partition coefficient (Wildman–Crippen LogP) is 2.02. The topological polar surface area (TPSA) is 48.3 Å². The molecule has 0 spiro atoms. The lowest BCUT2D eigenvalue weighted by Crippen LogP contribution is -2.31. The molecule has 0 radical (unpaired) electrons. The number of ether oxygens (including phenoxy) is 1. The first-order valence-corrected chi connectivity index (χ1v) is 6.82. The van der Waals surface area contributed by atoms with Crippen molar-refractivity contribution in [2.45, 2.75) is 20.4 Å². The van der Waals surface area contributed by atoms with Crippen LogP contribution in [0.15, 0.2) is 24.3 Å². The second-order valence-electron chi connectivity index (χ2n) is 4.26. The van der Waals surface area contributed by atoms with Crippen molar-refractivity contribution in [3.63, 3.8) is 0 Å². The minimum absolute atomic E-state index is 0.0937. The van der Waals surface area contributed by atoms with Crippen LogP contribution in [0.3, 0.4) is 0 Å². The number of benzene rings is 1. The van der Waals surface area contributed by atoms with E-state index in [1.54, 1.807) is 0 Å². The Morgan fingerprint density at radius 2 is 2.00 bits per heavy atom. The van der Waals surface area contributed by atoms with E-state index in [2.05, 4.69) is 24.1 Å². The van der Waals surface area contributed by atoms with E-state index in [1.807, 2.05) is 30.3 Å². The Morgan fingerprint density at radius 3 is 2.68 bits per heavy atom. The quantitative estimate of drug-likeness (QED) is 0.691. The molecule has 19 heavy (non-hydrogen) atoms. The normalized spacial score (nSPS) is 10.4. The number of nitrogens with zero attached hydrogens (tertiary/aromatic N) is 2. The molecule has 1 aromatic carbocycles. The van der Waals surface area contributed by atoms with Gasteiger partial charge in [0.05, 0.1) is 0 Å². The summed E-state index contributed by atoms with van der Waals surface area (Å²) in [6, 6.07) is 9.83. The summed E-state index contributed by atoms with van der Waals surface area (Å²) >= 11 is 0. The highest BCUT2D eigenvalue weighted by Crippen LogP contribution is 2.17. The van der Waals surface area contributed by atoms with E-state index in [0.717, 1.165) is 44.0 Å². The number of rotatable bonds is 9. The summed E-state index contributed by atoms with van der Waals surface area (Å²) in [5.41, 5.74) is 1.09. The Bertz CT molecular complexity index is 397. The zero-order chi connectivity index (χ0) is 13.9. The van der Waals surface area contributed by atoms with Gasteiger partial charge in [0.1, 0.15) is 11.8 Å². The second-order valence-corrected chi connectivity index (χ2v) is 4.26. The van der Waals surface area contributed by atoms with Gasteiger partial charge in [0, 0.05) is 25.2 Å². The lowest BCUT2D eigenvalue weighted by molar-refractivity contribution is 0.301. The maximum Gasteiger partial charge on any atom is 0.174 e. The Hall–Kier alpha value is -1.57. The molecule has 0 fully saturated rings. The highest BCUT2D eigenvalue weighted by molar-refractivity contribution is 5.33. The zero-order valence-corrected chi connectivity index (χ0v) is 11.9. The number of para-hydroxylation sites is 1. The van der Waals surface area contributed by atoms with E-state index < -0.39 is 0 Å². The fourth-order valence-electron chi connectivity index (χ4n) is 1.90. The van der Waals surface area contributed by atoms with Crippen molar-refractivity contribution < 1.29 is 4.74 Å². The van der Waals surface area contributed by atoms with Crippen molar-refractivity contribution in [2.24, 2.45) is 0 Å². The van der Waals surface area contributed by atoms with Gasteiger partial charge in [-0.15, -0.1) is 0 Å². The van der Waals surface area contributed by atoms with E-state index in [4.69, 9.17) is 10.00 Å². The van der Waals surface area contributed by atoms with Gasteiger partial charge in [-0.1, -0.05) is 32.0 Å². The lowest BCUT2D eigenvalue weighted by atomic mass is 10.2. The third-order valence-corrected chi connectivity index (χ3v) is 3.08. The number of likely N-dealkylation sites (N-methyl/N-ethyl adjacent to an activating group) is 1. The Balaban J connectivity index is 2.38. The fourth-order valence-corrected chi connectivity index (χ4v) is 1.90. The van der Waals surface area contributed by atoms with Crippen LogP contribution in [0.2, 0.25) is 0 Å². The molecule has 0 heterocycles. The molecule has 0 saturated heterocycles. The van der Waals surface area contributed by atoms with Crippen LogP contribution in [0.25, 0.3) is 0 Å². The van der Waals surface area contributed by atoms with Gasteiger partial charge in [0.15, 0.2) is 6.61 Å². The summed E-state index contributed by atoms with van der Waals surface area (Å²) < 4.78 is 5.40. The van der Waals surface area contributed by atoms with Crippen molar-refractivity contribution in [2.75, 3.05) is 32.8 Å². The molecular weight excluding hydrogens is 238 g/mol. The molecule has 1 aromatic rings. The molecule has 0 saturated carbocycles. The van der Waals surface area contributed by atoms with Crippen LogP contribution in [0.5, 0.6) is 5.75 Å². The minimum atomic E-state index is 0.0937. The molecule has 0 unspecified atom stereocenters. The van der Waals surface area contributed by atoms with Crippen LogP contribution in [0, 0.1) is 11.3 Å². The van der Waals surface area contributed by atoms with Gasteiger partial charge in [-0.2, -0.15) is 5.26 Å². The van der Waals surface area contributed by atoms with Crippen LogP contribution in [0.4, 0.5) is 0 Å². The molecule has 0 bridgehead atoms. The maximum atomic E-state index is 8.55. The van der Waals surface area contributed by atoms with Gasteiger partial charge >= 0.3 is 0 Å². The minimum Gasteiger partial charge on any atom is -0.478 e. The van der Waals surface area contributed by atoms with Crippen molar-refractivity contribution in [1.29, 1.82) is 5.26 Å². The Labute approximate surface area is 116 Å². The summed E-state index contributed by atoms with van der Waals surface area (Å²) in [5.74, 6) is 0.791. The Kier molecular flexibility index (Phi) is 7.64. The van der Waals surface area contributed by atoms with E-state index in [9.17, 15) is 0 Å². The standard InChI is InChI=1S/C15H23N3O/c1-3-18(4-2)11-10-17-13-14-7-5-6-8-15(14)19-12-9-16/h5-8,17H,3-4,10-13H2,1-2H3. The summed E-state index contributed by atoms with van der Waals surface area (Å²) in [6.45, 7) is 9.38. The average Bonchev–Trinajstić information content (AvgIpc) is 2.46. The number of hydrogen-bond donors (Lipinski definition) is 1. The van der Waals surface area contributed by atoms with Crippen molar-refractivity contribution >= 4 is 0 Å². The van der Waals surface area contributed by atoms with Gasteiger partial charge in [-0.05, 0) is 19.2 Å². The molecule has 0 aliphatic carbocycles. The molecule has 4 heteroatoms. The van der Waals surface area contributed by atoms with Crippen LogP contribution in [0.1, 0.15) is 19.4 Å². The van der Waals surface area contributed by atoms with Gasteiger partial charge < -0.3 is 15.0 Å². The van der Waals surface area contributed by atoms with Crippen LogP contribution in [-0.2, 0) is 6.54 Å². The highest BCUT2D eigenvalue weighted by Gasteiger charge is 2.03. The van der Waals surface area contributed by atoms with Crippen LogP contribution < -0.4 is 10.1 Å². The SMILES string of the molecule is CCN(CC)CCNCc1ccccc1OCC#N. The first kappa shape index (κ1) is 15.5. The van der Waals surface area contributed by atoms with Crippen molar-refractivity contribution in [3.8, 4) is 11.8 Å². The summed E-state index contributed by atoms with van der Waals surface area (Å²) in [5, 5.41) is 12.0. The summed E-state index contributed by atoms with van der Waals surface area (Å²) in [4.78, 5) is 2.38. The first-order valence-electron chi connectivity index (χ1n) is 6.82. The van der Waals surface area contributed by atoms with E-state index in [0.29, 0.717) is 0 Å². The number of hydrogen-bond acceptors (Lipinski definition) is 4. The second kappa shape index (κ2) is 9.37.